The maximum atomic E-state index is 12.7. The third-order valence-corrected chi connectivity index (χ3v) is 4.85. The Morgan fingerprint density at radius 1 is 0.677 bits per heavy atom. The highest BCUT2D eigenvalue weighted by Gasteiger charge is 2.16. The summed E-state index contributed by atoms with van der Waals surface area (Å²) in [5, 5.41) is 5.62. The normalized spacial score (nSPS) is 10.9. The highest BCUT2D eigenvalue weighted by Crippen LogP contribution is 2.25. The van der Waals surface area contributed by atoms with Crippen LogP contribution in [0.25, 0.3) is 0 Å². The number of amides is 3. The lowest BCUT2D eigenvalue weighted by Crippen LogP contribution is -2.18. The van der Waals surface area contributed by atoms with Crippen molar-refractivity contribution in [2.24, 2.45) is 5.73 Å². The van der Waals surface area contributed by atoms with Crippen molar-refractivity contribution in [2.75, 3.05) is 10.6 Å². The lowest BCUT2D eigenvalue weighted by molar-refractivity contribution is 0.0997. The summed E-state index contributed by atoms with van der Waals surface area (Å²) in [6, 6.07) is 20.5. The van der Waals surface area contributed by atoms with E-state index < -0.39 is 11.8 Å². The molecule has 158 valence electrons. The zero-order valence-electron chi connectivity index (χ0n) is 17.7. The van der Waals surface area contributed by atoms with E-state index in [4.69, 9.17) is 5.73 Å². The van der Waals surface area contributed by atoms with E-state index >= 15 is 0 Å². The van der Waals surface area contributed by atoms with E-state index in [0.29, 0.717) is 16.9 Å². The molecule has 6 heteroatoms. The van der Waals surface area contributed by atoms with E-state index in [0.717, 1.165) is 5.56 Å². The average Bonchev–Trinajstić information content (AvgIpc) is 2.74. The second-order valence-electron chi connectivity index (χ2n) is 8.23. The Bertz CT molecular complexity index is 1130. The first-order chi connectivity index (χ1) is 14.6. The van der Waals surface area contributed by atoms with Crippen molar-refractivity contribution in [3.63, 3.8) is 0 Å². The molecule has 0 heterocycles. The van der Waals surface area contributed by atoms with Gasteiger partial charge in [0.05, 0.1) is 11.4 Å². The second kappa shape index (κ2) is 8.83. The summed E-state index contributed by atoms with van der Waals surface area (Å²) in [7, 11) is 0. The molecule has 0 aliphatic heterocycles. The van der Waals surface area contributed by atoms with Crippen molar-refractivity contribution in [3.05, 3.63) is 95.1 Å². The maximum Gasteiger partial charge on any atom is 0.255 e. The Labute approximate surface area is 181 Å². The summed E-state index contributed by atoms with van der Waals surface area (Å²) in [6.07, 6.45) is 0. The number of nitrogens with two attached hydrogens (primary N) is 1. The molecule has 0 saturated heterocycles. The van der Waals surface area contributed by atoms with Crippen LogP contribution >= 0.6 is 0 Å². The van der Waals surface area contributed by atoms with Crippen LogP contribution in [0, 0.1) is 0 Å². The van der Waals surface area contributed by atoms with E-state index in [9.17, 15) is 14.4 Å². The third kappa shape index (κ3) is 5.36. The van der Waals surface area contributed by atoms with Gasteiger partial charge in [0.2, 0.25) is 5.91 Å². The number of primary amides is 1. The summed E-state index contributed by atoms with van der Waals surface area (Å²) in [6.45, 7) is 6.33. The first-order valence-corrected chi connectivity index (χ1v) is 9.87. The molecule has 0 atom stereocenters. The number of carbonyl (C=O) groups excluding carboxylic acids is 3. The maximum absolute atomic E-state index is 12.7. The van der Waals surface area contributed by atoms with E-state index in [1.165, 1.54) is 12.1 Å². The number of para-hydroxylation sites is 2. The van der Waals surface area contributed by atoms with Crippen molar-refractivity contribution >= 4 is 29.1 Å². The van der Waals surface area contributed by atoms with E-state index in [1.807, 2.05) is 12.1 Å². The van der Waals surface area contributed by atoms with E-state index in [2.05, 4.69) is 31.4 Å². The molecule has 31 heavy (non-hydrogen) atoms. The summed E-state index contributed by atoms with van der Waals surface area (Å²) >= 11 is 0. The van der Waals surface area contributed by atoms with Gasteiger partial charge in [-0.3, -0.25) is 14.4 Å². The predicted octanol–water partition coefficient (Wildman–Crippen LogP) is 4.59. The van der Waals surface area contributed by atoms with E-state index in [-0.39, 0.29) is 22.4 Å². The Hall–Kier alpha value is -3.93. The molecule has 0 saturated carbocycles. The summed E-state index contributed by atoms with van der Waals surface area (Å²) < 4.78 is 0. The average molecular weight is 415 g/mol. The van der Waals surface area contributed by atoms with Gasteiger partial charge in [0.25, 0.3) is 11.8 Å². The SMILES string of the molecule is CC(C)(C)c1ccc(C(=O)Nc2ccccc2NC(=O)c2cccc(C(N)=O)c2)cc1. The summed E-state index contributed by atoms with van der Waals surface area (Å²) in [4.78, 5) is 36.7. The van der Waals surface area contributed by atoms with Crippen LogP contribution < -0.4 is 16.4 Å². The Morgan fingerprint density at radius 2 is 1.19 bits per heavy atom. The van der Waals surface area contributed by atoms with Crippen molar-refractivity contribution in [3.8, 4) is 0 Å². The molecule has 0 fully saturated rings. The summed E-state index contributed by atoms with van der Waals surface area (Å²) in [5.74, 6) is -1.31. The number of rotatable bonds is 5. The molecule has 0 aromatic heterocycles. The largest absolute Gasteiger partial charge is 0.366 e. The van der Waals surface area contributed by atoms with Gasteiger partial charge in [0, 0.05) is 16.7 Å². The first kappa shape index (κ1) is 21.8. The molecular formula is C25H25N3O3. The van der Waals surface area contributed by atoms with Crippen molar-refractivity contribution < 1.29 is 14.4 Å². The molecule has 0 aliphatic rings. The number of nitrogens with one attached hydrogen (secondary N) is 2. The van der Waals surface area contributed by atoms with Crippen LogP contribution in [0.1, 0.15) is 57.4 Å². The van der Waals surface area contributed by atoms with Crippen molar-refractivity contribution in [2.45, 2.75) is 26.2 Å². The number of carbonyl (C=O) groups is 3. The highest BCUT2D eigenvalue weighted by molar-refractivity contribution is 6.10. The molecule has 3 rings (SSSR count). The minimum absolute atomic E-state index is 0.00228. The molecule has 0 unspecified atom stereocenters. The van der Waals surface area contributed by atoms with Crippen LogP contribution in [0.4, 0.5) is 11.4 Å². The molecule has 3 aromatic carbocycles. The summed E-state index contributed by atoms with van der Waals surface area (Å²) in [5.41, 5.74) is 8.37. The third-order valence-electron chi connectivity index (χ3n) is 4.85. The van der Waals surface area contributed by atoms with Crippen molar-refractivity contribution in [1.82, 2.24) is 0 Å². The van der Waals surface area contributed by atoms with Gasteiger partial charge >= 0.3 is 0 Å². The molecule has 0 bridgehead atoms. The van der Waals surface area contributed by atoms with Crippen LogP contribution in [0.15, 0.2) is 72.8 Å². The van der Waals surface area contributed by atoms with Gasteiger partial charge in [-0.1, -0.05) is 51.1 Å². The van der Waals surface area contributed by atoms with Crippen LogP contribution in [0.2, 0.25) is 0 Å². The molecule has 0 aliphatic carbocycles. The van der Waals surface area contributed by atoms with Crippen LogP contribution in [-0.4, -0.2) is 17.7 Å². The minimum atomic E-state index is -0.611. The molecule has 0 spiro atoms. The van der Waals surface area contributed by atoms with E-state index in [1.54, 1.807) is 48.5 Å². The fraction of sp³-hybridized carbons (Fsp3) is 0.160. The van der Waals surface area contributed by atoms with Gasteiger partial charge in [-0.15, -0.1) is 0 Å². The van der Waals surface area contributed by atoms with Crippen LogP contribution in [0.3, 0.4) is 0 Å². The minimum Gasteiger partial charge on any atom is -0.366 e. The lowest BCUT2D eigenvalue weighted by Gasteiger charge is -2.19. The van der Waals surface area contributed by atoms with Crippen LogP contribution in [-0.2, 0) is 5.41 Å². The molecule has 3 aromatic rings. The molecule has 0 radical (unpaired) electrons. The second-order valence-corrected chi connectivity index (χ2v) is 8.23. The number of benzene rings is 3. The van der Waals surface area contributed by atoms with Gasteiger partial charge in [-0.25, -0.2) is 0 Å². The van der Waals surface area contributed by atoms with Gasteiger partial charge in [0.15, 0.2) is 0 Å². The number of hydrogen-bond donors (Lipinski definition) is 3. The molecule has 4 N–H and O–H groups in total. The van der Waals surface area contributed by atoms with Gasteiger partial charge < -0.3 is 16.4 Å². The standard InChI is InChI=1S/C25H25N3O3/c1-25(2,3)19-13-11-16(12-14-19)23(30)27-20-9-4-5-10-21(20)28-24(31)18-8-6-7-17(15-18)22(26)29/h4-15H,1-3H3,(H2,26,29)(H,27,30)(H,28,31). The predicted molar refractivity (Wildman–Crippen MR) is 122 cm³/mol. The van der Waals surface area contributed by atoms with Gasteiger partial charge in [-0.05, 0) is 53.4 Å². The number of hydrogen-bond acceptors (Lipinski definition) is 3. The zero-order valence-corrected chi connectivity index (χ0v) is 17.7. The van der Waals surface area contributed by atoms with Crippen LogP contribution in [0.5, 0.6) is 0 Å². The quantitative estimate of drug-likeness (QED) is 0.568. The van der Waals surface area contributed by atoms with Gasteiger partial charge in [-0.2, -0.15) is 0 Å². The van der Waals surface area contributed by atoms with Gasteiger partial charge in [0.1, 0.15) is 0 Å². The number of anilines is 2. The first-order valence-electron chi connectivity index (χ1n) is 9.87. The Kier molecular flexibility index (Phi) is 6.20. The monoisotopic (exact) mass is 415 g/mol. The fourth-order valence-electron chi connectivity index (χ4n) is 3.03. The van der Waals surface area contributed by atoms with Crippen molar-refractivity contribution in [1.29, 1.82) is 0 Å². The topological polar surface area (TPSA) is 101 Å². The highest BCUT2D eigenvalue weighted by atomic mass is 16.2. The molecule has 6 nitrogen and oxygen atoms in total. The fourth-order valence-corrected chi connectivity index (χ4v) is 3.03. The Morgan fingerprint density at radius 3 is 1.71 bits per heavy atom. The smallest absolute Gasteiger partial charge is 0.255 e. The molecular weight excluding hydrogens is 390 g/mol. The zero-order chi connectivity index (χ0) is 22.6. The Balaban J connectivity index is 1.77. The lowest BCUT2D eigenvalue weighted by atomic mass is 9.87. The molecule has 3 amide bonds.